The Labute approximate surface area is 105 Å². The Morgan fingerprint density at radius 3 is 2.61 bits per heavy atom. The summed E-state index contributed by atoms with van der Waals surface area (Å²) in [5, 5.41) is 2.96. The van der Waals surface area contributed by atoms with Crippen LogP contribution in [0.25, 0.3) is 11.3 Å². The van der Waals surface area contributed by atoms with Crippen molar-refractivity contribution in [2.75, 3.05) is 26.6 Å². The van der Waals surface area contributed by atoms with Crippen LogP contribution in [-0.4, -0.2) is 36.2 Å². The van der Waals surface area contributed by atoms with E-state index in [1.807, 2.05) is 6.07 Å². The minimum Gasteiger partial charge on any atom is -0.495 e. The lowest BCUT2D eigenvalue weighted by atomic mass is 10.2. The molecule has 0 aliphatic rings. The molecule has 0 bridgehead atoms. The molecule has 0 fully saturated rings. The molecule has 18 heavy (non-hydrogen) atoms. The van der Waals surface area contributed by atoms with Gasteiger partial charge in [0.2, 0.25) is 0 Å². The molecular formula is C12H14N4O2. The summed E-state index contributed by atoms with van der Waals surface area (Å²) in [5.74, 6) is 1.87. The molecule has 0 aromatic carbocycles. The first-order chi connectivity index (χ1) is 8.80. The van der Waals surface area contributed by atoms with Crippen molar-refractivity contribution in [1.82, 2.24) is 15.0 Å². The number of hydrogen-bond donors (Lipinski definition) is 1. The second kappa shape index (κ2) is 5.31. The van der Waals surface area contributed by atoms with Gasteiger partial charge in [-0.05, 0) is 6.07 Å². The number of pyridine rings is 1. The molecule has 1 N–H and O–H groups in total. The maximum Gasteiger partial charge on any atom is 0.187 e. The quantitative estimate of drug-likeness (QED) is 0.883. The molecule has 2 aromatic rings. The van der Waals surface area contributed by atoms with E-state index in [-0.39, 0.29) is 0 Å². The number of hydrogen-bond acceptors (Lipinski definition) is 6. The van der Waals surface area contributed by atoms with E-state index in [0.29, 0.717) is 23.0 Å². The lowest BCUT2D eigenvalue weighted by Gasteiger charge is -2.11. The fourth-order valence-corrected chi connectivity index (χ4v) is 1.61. The van der Waals surface area contributed by atoms with Gasteiger partial charge in [0.05, 0.1) is 20.4 Å². The second-order valence-electron chi connectivity index (χ2n) is 3.47. The molecule has 0 unspecified atom stereocenters. The maximum atomic E-state index is 5.34. The fourth-order valence-electron chi connectivity index (χ4n) is 1.61. The van der Waals surface area contributed by atoms with E-state index in [1.54, 1.807) is 33.7 Å². The minimum absolute atomic E-state index is 0.579. The summed E-state index contributed by atoms with van der Waals surface area (Å²) >= 11 is 0. The smallest absolute Gasteiger partial charge is 0.187 e. The van der Waals surface area contributed by atoms with Crippen LogP contribution in [0, 0.1) is 0 Å². The van der Waals surface area contributed by atoms with Crippen molar-refractivity contribution in [3.63, 3.8) is 0 Å². The Morgan fingerprint density at radius 2 is 1.94 bits per heavy atom. The summed E-state index contributed by atoms with van der Waals surface area (Å²) < 4.78 is 10.5. The van der Waals surface area contributed by atoms with Crippen LogP contribution < -0.4 is 14.8 Å². The molecule has 0 spiro atoms. The van der Waals surface area contributed by atoms with E-state index >= 15 is 0 Å². The summed E-state index contributed by atoms with van der Waals surface area (Å²) in [6, 6.07) is 1.84. The number of rotatable bonds is 4. The Hall–Kier alpha value is -2.37. The highest BCUT2D eigenvalue weighted by atomic mass is 16.5. The molecule has 6 nitrogen and oxygen atoms in total. The van der Waals surface area contributed by atoms with Crippen molar-refractivity contribution >= 4 is 5.82 Å². The molecule has 0 aliphatic heterocycles. The van der Waals surface area contributed by atoms with E-state index in [4.69, 9.17) is 9.47 Å². The first-order valence-corrected chi connectivity index (χ1v) is 5.36. The average Bonchev–Trinajstić information content (AvgIpc) is 2.46. The maximum absolute atomic E-state index is 5.34. The highest BCUT2D eigenvalue weighted by Gasteiger charge is 2.13. The Bertz CT molecular complexity index is 545. The van der Waals surface area contributed by atoms with Crippen LogP contribution in [0.2, 0.25) is 0 Å². The highest BCUT2D eigenvalue weighted by Crippen LogP contribution is 2.33. The predicted molar refractivity (Wildman–Crippen MR) is 67.9 cm³/mol. The number of aromatic nitrogens is 3. The normalized spacial score (nSPS) is 9.94. The van der Waals surface area contributed by atoms with Crippen molar-refractivity contribution in [1.29, 1.82) is 0 Å². The number of ether oxygens (including phenoxy) is 2. The second-order valence-corrected chi connectivity index (χ2v) is 3.47. The topological polar surface area (TPSA) is 69.2 Å². The molecule has 0 atom stereocenters. The molecule has 0 saturated carbocycles. The molecule has 6 heteroatoms. The van der Waals surface area contributed by atoms with E-state index in [0.717, 1.165) is 5.56 Å². The number of methoxy groups -OCH3 is 2. The predicted octanol–water partition coefficient (Wildman–Crippen LogP) is 1.60. The molecule has 0 radical (unpaired) electrons. The van der Waals surface area contributed by atoms with Crippen LogP contribution in [0.5, 0.6) is 11.5 Å². The van der Waals surface area contributed by atoms with E-state index in [9.17, 15) is 0 Å². The minimum atomic E-state index is 0.579. The van der Waals surface area contributed by atoms with Crippen LogP contribution in [0.3, 0.4) is 0 Å². The molecular weight excluding hydrogens is 232 g/mol. The zero-order valence-corrected chi connectivity index (χ0v) is 10.5. The van der Waals surface area contributed by atoms with Crippen molar-refractivity contribution in [3.05, 3.63) is 24.8 Å². The summed E-state index contributed by atoms with van der Waals surface area (Å²) in [6.07, 6.45) is 4.81. The molecule has 2 aromatic heterocycles. The van der Waals surface area contributed by atoms with Crippen LogP contribution >= 0.6 is 0 Å². The van der Waals surface area contributed by atoms with Gasteiger partial charge in [0, 0.05) is 18.8 Å². The first kappa shape index (κ1) is 12.1. The molecule has 94 valence electrons. The van der Waals surface area contributed by atoms with Crippen molar-refractivity contribution < 1.29 is 9.47 Å². The third-order valence-corrected chi connectivity index (χ3v) is 2.47. The Balaban J connectivity index is 2.55. The standard InChI is InChI=1S/C12H14N4O2/c1-13-12-11(18-3)10(15-7-16-12)8-4-9(17-2)6-14-5-8/h4-7H,1-3H3,(H,13,15,16). The fraction of sp³-hybridized carbons (Fsp3) is 0.250. The Kier molecular flexibility index (Phi) is 3.57. The molecule has 2 heterocycles. The third-order valence-electron chi connectivity index (χ3n) is 2.47. The number of anilines is 1. The van der Waals surface area contributed by atoms with Crippen LogP contribution in [0.1, 0.15) is 0 Å². The van der Waals surface area contributed by atoms with Gasteiger partial charge in [-0.3, -0.25) is 4.98 Å². The van der Waals surface area contributed by atoms with Gasteiger partial charge in [0.1, 0.15) is 17.8 Å². The summed E-state index contributed by atoms with van der Waals surface area (Å²) in [7, 11) is 4.95. The van der Waals surface area contributed by atoms with Crippen LogP contribution in [0.15, 0.2) is 24.8 Å². The third kappa shape index (κ3) is 2.17. The van der Waals surface area contributed by atoms with Crippen LogP contribution in [0.4, 0.5) is 5.82 Å². The molecule has 2 rings (SSSR count). The Morgan fingerprint density at radius 1 is 1.11 bits per heavy atom. The average molecular weight is 246 g/mol. The van der Waals surface area contributed by atoms with Gasteiger partial charge >= 0.3 is 0 Å². The van der Waals surface area contributed by atoms with Gasteiger partial charge in [-0.1, -0.05) is 0 Å². The van der Waals surface area contributed by atoms with Crippen molar-refractivity contribution in [3.8, 4) is 22.8 Å². The van der Waals surface area contributed by atoms with Gasteiger partial charge in [-0.2, -0.15) is 0 Å². The number of nitrogens with zero attached hydrogens (tertiary/aromatic N) is 3. The molecule has 0 amide bonds. The summed E-state index contributed by atoms with van der Waals surface area (Å²) in [4.78, 5) is 12.4. The largest absolute Gasteiger partial charge is 0.495 e. The highest BCUT2D eigenvalue weighted by molar-refractivity contribution is 5.72. The van der Waals surface area contributed by atoms with Gasteiger partial charge in [-0.15, -0.1) is 0 Å². The first-order valence-electron chi connectivity index (χ1n) is 5.36. The SMILES string of the molecule is CNc1ncnc(-c2cncc(OC)c2)c1OC. The summed E-state index contributed by atoms with van der Waals surface area (Å²) in [5.41, 5.74) is 1.48. The molecule has 0 aliphatic carbocycles. The van der Waals surface area contributed by atoms with Gasteiger partial charge < -0.3 is 14.8 Å². The monoisotopic (exact) mass is 246 g/mol. The zero-order valence-electron chi connectivity index (χ0n) is 10.5. The van der Waals surface area contributed by atoms with Crippen LogP contribution in [-0.2, 0) is 0 Å². The van der Waals surface area contributed by atoms with E-state index in [2.05, 4.69) is 20.3 Å². The van der Waals surface area contributed by atoms with E-state index in [1.165, 1.54) is 6.33 Å². The van der Waals surface area contributed by atoms with Crippen molar-refractivity contribution in [2.45, 2.75) is 0 Å². The number of nitrogens with one attached hydrogen (secondary N) is 1. The summed E-state index contributed by atoms with van der Waals surface area (Å²) in [6.45, 7) is 0. The van der Waals surface area contributed by atoms with E-state index < -0.39 is 0 Å². The lowest BCUT2D eigenvalue weighted by molar-refractivity contribution is 0.411. The van der Waals surface area contributed by atoms with Gasteiger partial charge in [-0.25, -0.2) is 9.97 Å². The lowest BCUT2D eigenvalue weighted by Crippen LogP contribution is -2.00. The molecule has 0 saturated heterocycles. The van der Waals surface area contributed by atoms with Crippen molar-refractivity contribution in [2.24, 2.45) is 0 Å². The van der Waals surface area contributed by atoms with Gasteiger partial charge in [0.25, 0.3) is 0 Å². The zero-order chi connectivity index (χ0) is 13.0. The van der Waals surface area contributed by atoms with Gasteiger partial charge in [0.15, 0.2) is 11.6 Å².